The number of carboxylic acid groups (broad SMARTS) is 1. The van der Waals surface area contributed by atoms with Gasteiger partial charge >= 0.3 is 5.97 Å². The predicted octanol–water partition coefficient (Wildman–Crippen LogP) is 1.46. The topological polar surface area (TPSA) is 92.4 Å². The van der Waals surface area contributed by atoms with E-state index in [1.165, 1.54) is 6.08 Å². The van der Waals surface area contributed by atoms with Crippen molar-refractivity contribution in [2.75, 3.05) is 11.9 Å². The van der Waals surface area contributed by atoms with Gasteiger partial charge in [0.05, 0.1) is 5.41 Å². The van der Waals surface area contributed by atoms with Gasteiger partial charge in [0, 0.05) is 18.3 Å². The van der Waals surface area contributed by atoms with Crippen LogP contribution in [0.2, 0.25) is 0 Å². The Morgan fingerprint density at radius 2 is 2.16 bits per heavy atom. The molecule has 19 heavy (non-hydrogen) atoms. The Kier molecular flexibility index (Phi) is 3.66. The Bertz CT molecular complexity index is 533. The normalized spacial score (nSPS) is 16.3. The van der Waals surface area contributed by atoms with E-state index in [9.17, 15) is 9.59 Å². The zero-order valence-corrected chi connectivity index (χ0v) is 10.4. The third-order valence-corrected chi connectivity index (χ3v) is 3.29. The molecule has 5 nitrogen and oxygen atoms in total. The van der Waals surface area contributed by atoms with Crippen molar-refractivity contribution in [2.45, 2.75) is 12.8 Å². The number of nitrogens with one attached hydrogen (secondary N) is 1. The highest BCUT2D eigenvalue weighted by molar-refractivity contribution is 5.97. The van der Waals surface area contributed by atoms with Gasteiger partial charge in [0.25, 0.3) is 0 Å². The van der Waals surface area contributed by atoms with Crippen LogP contribution in [-0.2, 0) is 9.59 Å². The zero-order valence-electron chi connectivity index (χ0n) is 10.4. The van der Waals surface area contributed by atoms with Gasteiger partial charge in [-0.2, -0.15) is 0 Å². The van der Waals surface area contributed by atoms with Crippen LogP contribution in [0, 0.1) is 5.41 Å². The largest absolute Gasteiger partial charge is 0.478 e. The number of hydrogen-bond donors (Lipinski definition) is 3. The van der Waals surface area contributed by atoms with Crippen molar-refractivity contribution in [3.8, 4) is 0 Å². The highest BCUT2D eigenvalue weighted by atomic mass is 16.4. The second kappa shape index (κ2) is 5.24. The molecule has 0 spiro atoms. The minimum atomic E-state index is -1.01. The fourth-order valence-electron chi connectivity index (χ4n) is 1.83. The minimum Gasteiger partial charge on any atom is -0.478 e. The number of benzene rings is 1. The van der Waals surface area contributed by atoms with Crippen LogP contribution in [-0.4, -0.2) is 23.5 Å². The molecule has 2 rings (SSSR count). The van der Waals surface area contributed by atoms with Crippen molar-refractivity contribution in [3.63, 3.8) is 0 Å². The van der Waals surface area contributed by atoms with Gasteiger partial charge in [0.1, 0.15) is 0 Å². The first-order valence-electron chi connectivity index (χ1n) is 6.08. The minimum absolute atomic E-state index is 0.0608. The summed E-state index contributed by atoms with van der Waals surface area (Å²) in [6, 6.07) is 7.02. The molecule has 1 aliphatic carbocycles. The molecular weight excluding hydrogens is 244 g/mol. The summed E-state index contributed by atoms with van der Waals surface area (Å²) in [6.07, 6.45) is 4.19. The molecule has 0 heterocycles. The van der Waals surface area contributed by atoms with Crippen LogP contribution < -0.4 is 11.1 Å². The van der Waals surface area contributed by atoms with E-state index in [2.05, 4.69) is 5.32 Å². The molecule has 1 aromatic rings. The van der Waals surface area contributed by atoms with Crippen molar-refractivity contribution in [1.29, 1.82) is 0 Å². The number of carbonyl (C=O) groups is 2. The van der Waals surface area contributed by atoms with Gasteiger partial charge in [-0.05, 0) is 36.6 Å². The van der Waals surface area contributed by atoms with E-state index in [-0.39, 0.29) is 5.91 Å². The molecule has 100 valence electrons. The average molecular weight is 260 g/mol. The van der Waals surface area contributed by atoms with Crippen LogP contribution in [0.25, 0.3) is 6.08 Å². The number of aliphatic carboxylic acids is 1. The average Bonchev–Trinajstić information content (AvgIpc) is 3.18. The van der Waals surface area contributed by atoms with Gasteiger partial charge in [-0.25, -0.2) is 4.79 Å². The third kappa shape index (κ3) is 3.20. The molecule has 1 saturated carbocycles. The summed E-state index contributed by atoms with van der Waals surface area (Å²) in [5.74, 6) is -1.07. The lowest BCUT2D eigenvalue weighted by Crippen LogP contribution is -2.30. The molecule has 1 amide bonds. The molecule has 0 atom stereocenters. The van der Waals surface area contributed by atoms with E-state index in [1.54, 1.807) is 24.3 Å². The summed E-state index contributed by atoms with van der Waals surface area (Å²) >= 11 is 0. The summed E-state index contributed by atoms with van der Waals surface area (Å²) < 4.78 is 0. The van der Waals surface area contributed by atoms with Crippen LogP contribution in [0.5, 0.6) is 0 Å². The molecule has 0 saturated heterocycles. The first-order chi connectivity index (χ1) is 9.05. The second-order valence-corrected chi connectivity index (χ2v) is 4.74. The van der Waals surface area contributed by atoms with E-state index in [1.807, 2.05) is 0 Å². The Hall–Kier alpha value is -2.14. The van der Waals surface area contributed by atoms with E-state index >= 15 is 0 Å². The van der Waals surface area contributed by atoms with Gasteiger partial charge in [-0.15, -0.1) is 0 Å². The van der Waals surface area contributed by atoms with Crippen molar-refractivity contribution >= 4 is 23.6 Å². The molecular formula is C14H16N2O3. The number of carboxylic acids is 1. The highest BCUT2D eigenvalue weighted by Gasteiger charge is 2.48. The molecule has 0 radical (unpaired) electrons. The van der Waals surface area contributed by atoms with E-state index < -0.39 is 11.4 Å². The van der Waals surface area contributed by atoms with Gasteiger partial charge in [0.2, 0.25) is 5.91 Å². The number of nitrogens with two attached hydrogens (primary N) is 1. The van der Waals surface area contributed by atoms with Crippen LogP contribution in [0.3, 0.4) is 0 Å². The van der Waals surface area contributed by atoms with Crippen LogP contribution in [0.4, 0.5) is 5.69 Å². The van der Waals surface area contributed by atoms with Crippen molar-refractivity contribution in [1.82, 2.24) is 0 Å². The molecule has 1 aliphatic rings. The number of carbonyl (C=O) groups excluding carboxylic acids is 1. The number of rotatable bonds is 5. The lowest BCUT2D eigenvalue weighted by Gasteiger charge is -2.13. The summed E-state index contributed by atoms with van der Waals surface area (Å²) in [5.41, 5.74) is 6.57. The summed E-state index contributed by atoms with van der Waals surface area (Å²) in [6.45, 7) is 0.359. The standard InChI is InChI=1S/C14H16N2O3/c15-9-14(6-7-14)13(19)16-11-3-1-2-10(8-11)4-5-12(17)18/h1-5,8H,6-7,9,15H2,(H,16,19)(H,17,18)/b5-4+. The number of anilines is 1. The summed E-state index contributed by atoms with van der Waals surface area (Å²) in [4.78, 5) is 22.4. The Labute approximate surface area is 111 Å². The quantitative estimate of drug-likeness (QED) is 0.699. The molecule has 0 unspecified atom stereocenters. The lowest BCUT2D eigenvalue weighted by molar-refractivity contribution is -0.131. The smallest absolute Gasteiger partial charge is 0.328 e. The van der Waals surface area contributed by atoms with Crippen molar-refractivity contribution in [2.24, 2.45) is 11.1 Å². The van der Waals surface area contributed by atoms with Crippen LogP contribution in [0.1, 0.15) is 18.4 Å². The molecule has 0 bridgehead atoms. The highest BCUT2D eigenvalue weighted by Crippen LogP contribution is 2.45. The fourth-order valence-corrected chi connectivity index (χ4v) is 1.83. The third-order valence-electron chi connectivity index (χ3n) is 3.29. The maximum Gasteiger partial charge on any atom is 0.328 e. The molecule has 1 aromatic carbocycles. The first kappa shape index (κ1) is 13.3. The SMILES string of the molecule is NCC1(C(=O)Nc2cccc(/C=C/C(=O)O)c2)CC1. The Morgan fingerprint density at radius 3 is 2.74 bits per heavy atom. The van der Waals surface area contributed by atoms with Gasteiger partial charge in [-0.3, -0.25) is 4.79 Å². The predicted molar refractivity (Wildman–Crippen MR) is 72.5 cm³/mol. The van der Waals surface area contributed by atoms with Gasteiger partial charge < -0.3 is 16.2 Å². The maximum absolute atomic E-state index is 12.0. The lowest BCUT2D eigenvalue weighted by atomic mass is 10.1. The van der Waals surface area contributed by atoms with E-state index in [0.29, 0.717) is 12.2 Å². The van der Waals surface area contributed by atoms with E-state index in [4.69, 9.17) is 10.8 Å². The second-order valence-electron chi connectivity index (χ2n) is 4.74. The fraction of sp³-hybridized carbons (Fsp3) is 0.286. The van der Waals surface area contributed by atoms with Crippen molar-refractivity contribution in [3.05, 3.63) is 35.9 Å². The molecule has 5 heteroatoms. The maximum atomic E-state index is 12.0. The first-order valence-corrected chi connectivity index (χ1v) is 6.08. The Morgan fingerprint density at radius 1 is 1.42 bits per heavy atom. The molecule has 0 aliphatic heterocycles. The zero-order chi connectivity index (χ0) is 13.9. The van der Waals surface area contributed by atoms with Gasteiger partial charge in [0.15, 0.2) is 0 Å². The van der Waals surface area contributed by atoms with Gasteiger partial charge in [-0.1, -0.05) is 12.1 Å². The monoisotopic (exact) mass is 260 g/mol. The molecule has 1 fully saturated rings. The Balaban J connectivity index is 2.07. The summed E-state index contributed by atoms with van der Waals surface area (Å²) in [5, 5.41) is 11.4. The molecule has 4 N–H and O–H groups in total. The van der Waals surface area contributed by atoms with Crippen LogP contribution >= 0.6 is 0 Å². The van der Waals surface area contributed by atoms with Crippen molar-refractivity contribution < 1.29 is 14.7 Å². The van der Waals surface area contributed by atoms with Crippen LogP contribution in [0.15, 0.2) is 30.3 Å². The number of amides is 1. The molecule has 0 aromatic heterocycles. The van der Waals surface area contributed by atoms with E-state index in [0.717, 1.165) is 24.5 Å². The number of hydrogen-bond acceptors (Lipinski definition) is 3. The summed E-state index contributed by atoms with van der Waals surface area (Å²) in [7, 11) is 0.